The minimum absolute atomic E-state index is 0.0326. The SMILES string of the molecule is CC(C)OCC(=O)NC(C)c1ccc(Cl)cc1Cl. The monoisotopic (exact) mass is 289 g/mol. The van der Waals surface area contributed by atoms with Crippen LogP contribution in [0, 0.1) is 0 Å². The zero-order valence-corrected chi connectivity index (χ0v) is 12.2. The van der Waals surface area contributed by atoms with Gasteiger partial charge in [0.2, 0.25) is 5.91 Å². The van der Waals surface area contributed by atoms with Gasteiger partial charge in [0.15, 0.2) is 0 Å². The molecule has 0 aliphatic rings. The molecule has 1 N–H and O–H groups in total. The van der Waals surface area contributed by atoms with E-state index in [1.165, 1.54) is 0 Å². The van der Waals surface area contributed by atoms with Gasteiger partial charge in [-0.25, -0.2) is 0 Å². The minimum Gasteiger partial charge on any atom is -0.369 e. The Labute approximate surface area is 117 Å². The Balaban J connectivity index is 2.59. The third-order valence-corrected chi connectivity index (χ3v) is 2.92. The fraction of sp³-hybridized carbons (Fsp3) is 0.462. The van der Waals surface area contributed by atoms with E-state index in [2.05, 4.69) is 5.32 Å². The lowest BCUT2D eigenvalue weighted by Gasteiger charge is -2.16. The molecule has 0 radical (unpaired) electrons. The molecule has 1 aromatic rings. The van der Waals surface area contributed by atoms with Crippen LogP contribution in [0.3, 0.4) is 0 Å². The molecular formula is C13H17Cl2NO2. The van der Waals surface area contributed by atoms with E-state index in [0.717, 1.165) is 5.56 Å². The van der Waals surface area contributed by atoms with Gasteiger partial charge < -0.3 is 10.1 Å². The average Bonchev–Trinajstić information content (AvgIpc) is 2.26. The molecule has 1 rings (SSSR count). The molecule has 100 valence electrons. The second kappa shape index (κ2) is 6.98. The molecule has 0 heterocycles. The zero-order valence-electron chi connectivity index (χ0n) is 10.7. The summed E-state index contributed by atoms with van der Waals surface area (Å²) in [5.74, 6) is -0.165. The molecule has 0 aromatic heterocycles. The van der Waals surface area contributed by atoms with Crippen molar-refractivity contribution in [1.82, 2.24) is 5.32 Å². The number of nitrogens with one attached hydrogen (secondary N) is 1. The molecule has 0 saturated heterocycles. The van der Waals surface area contributed by atoms with E-state index in [1.807, 2.05) is 20.8 Å². The van der Waals surface area contributed by atoms with E-state index < -0.39 is 0 Å². The van der Waals surface area contributed by atoms with Gasteiger partial charge in [0.25, 0.3) is 0 Å². The summed E-state index contributed by atoms with van der Waals surface area (Å²) in [6.45, 7) is 5.68. The molecule has 3 nitrogen and oxygen atoms in total. The number of amides is 1. The van der Waals surface area contributed by atoms with Crippen LogP contribution in [0.4, 0.5) is 0 Å². The highest BCUT2D eigenvalue weighted by molar-refractivity contribution is 6.35. The number of hydrogen-bond acceptors (Lipinski definition) is 2. The molecule has 18 heavy (non-hydrogen) atoms. The van der Waals surface area contributed by atoms with Gasteiger partial charge in [-0.2, -0.15) is 0 Å². The van der Waals surface area contributed by atoms with Crippen molar-refractivity contribution in [3.63, 3.8) is 0 Å². The molecule has 0 saturated carbocycles. The normalized spacial score (nSPS) is 12.6. The third kappa shape index (κ3) is 4.84. The number of ether oxygens (including phenoxy) is 1. The van der Waals surface area contributed by atoms with E-state index in [-0.39, 0.29) is 24.7 Å². The highest BCUT2D eigenvalue weighted by Gasteiger charge is 2.13. The topological polar surface area (TPSA) is 38.3 Å². The van der Waals surface area contributed by atoms with Crippen LogP contribution < -0.4 is 5.32 Å². The maximum Gasteiger partial charge on any atom is 0.246 e. The zero-order chi connectivity index (χ0) is 13.7. The summed E-state index contributed by atoms with van der Waals surface area (Å²) in [5.41, 5.74) is 0.832. The fourth-order valence-electron chi connectivity index (χ4n) is 1.46. The van der Waals surface area contributed by atoms with Gasteiger partial charge in [-0.1, -0.05) is 29.3 Å². The Hall–Kier alpha value is -0.770. The summed E-state index contributed by atoms with van der Waals surface area (Å²) in [5, 5.41) is 3.94. The highest BCUT2D eigenvalue weighted by atomic mass is 35.5. The Morgan fingerprint density at radius 2 is 2.00 bits per heavy atom. The van der Waals surface area contributed by atoms with Crippen molar-refractivity contribution in [2.75, 3.05) is 6.61 Å². The van der Waals surface area contributed by atoms with E-state index in [4.69, 9.17) is 27.9 Å². The predicted octanol–water partition coefficient (Wildman–Crippen LogP) is 3.60. The summed E-state index contributed by atoms with van der Waals surface area (Å²) in [4.78, 5) is 11.6. The number of halogens is 2. The molecular weight excluding hydrogens is 273 g/mol. The van der Waals surface area contributed by atoms with Crippen molar-refractivity contribution < 1.29 is 9.53 Å². The summed E-state index contributed by atoms with van der Waals surface area (Å²) in [6.07, 6.45) is 0.0326. The van der Waals surface area contributed by atoms with Gasteiger partial charge in [0, 0.05) is 10.0 Å². The molecule has 0 bridgehead atoms. The molecule has 1 unspecified atom stereocenters. The molecule has 5 heteroatoms. The van der Waals surface area contributed by atoms with Crippen LogP contribution in [0.5, 0.6) is 0 Å². The number of carbonyl (C=O) groups excluding carboxylic acids is 1. The summed E-state index contributed by atoms with van der Waals surface area (Å²) in [6, 6.07) is 5.03. The molecule has 1 amide bonds. The van der Waals surface area contributed by atoms with Crippen LogP contribution in [0.1, 0.15) is 32.4 Å². The van der Waals surface area contributed by atoms with Crippen LogP contribution in [0.15, 0.2) is 18.2 Å². The van der Waals surface area contributed by atoms with E-state index in [1.54, 1.807) is 18.2 Å². The van der Waals surface area contributed by atoms with Crippen LogP contribution >= 0.6 is 23.2 Å². The van der Waals surface area contributed by atoms with E-state index >= 15 is 0 Å². The van der Waals surface area contributed by atoms with Gasteiger partial charge in [-0.15, -0.1) is 0 Å². The lowest BCUT2D eigenvalue weighted by Crippen LogP contribution is -2.31. The van der Waals surface area contributed by atoms with Crippen molar-refractivity contribution in [3.8, 4) is 0 Å². The number of benzene rings is 1. The van der Waals surface area contributed by atoms with Gasteiger partial charge >= 0.3 is 0 Å². The lowest BCUT2D eigenvalue weighted by molar-refractivity contribution is -0.127. The number of rotatable bonds is 5. The maximum absolute atomic E-state index is 11.6. The summed E-state index contributed by atoms with van der Waals surface area (Å²) >= 11 is 11.9. The van der Waals surface area contributed by atoms with Crippen LogP contribution in [-0.4, -0.2) is 18.6 Å². The molecule has 0 aliphatic heterocycles. The molecule has 0 fully saturated rings. The first-order chi connectivity index (χ1) is 8.40. The highest BCUT2D eigenvalue weighted by Crippen LogP contribution is 2.25. The Bertz CT molecular complexity index is 421. The van der Waals surface area contributed by atoms with E-state index in [0.29, 0.717) is 10.0 Å². The first-order valence-corrected chi connectivity index (χ1v) is 6.51. The Morgan fingerprint density at radius 3 is 2.56 bits per heavy atom. The van der Waals surface area contributed by atoms with Crippen LogP contribution in [0.25, 0.3) is 0 Å². The third-order valence-electron chi connectivity index (χ3n) is 2.35. The second-order valence-corrected chi connectivity index (χ2v) is 5.16. The second-order valence-electron chi connectivity index (χ2n) is 4.31. The van der Waals surface area contributed by atoms with Crippen LogP contribution in [0.2, 0.25) is 10.0 Å². The van der Waals surface area contributed by atoms with Crippen molar-refractivity contribution in [3.05, 3.63) is 33.8 Å². The summed E-state index contributed by atoms with van der Waals surface area (Å²) < 4.78 is 5.22. The van der Waals surface area contributed by atoms with Crippen molar-refractivity contribution in [2.24, 2.45) is 0 Å². The van der Waals surface area contributed by atoms with E-state index in [9.17, 15) is 4.79 Å². The number of hydrogen-bond donors (Lipinski definition) is 1. The van der Waals surface area contributed by atoms with Gasteiger partial charge in [0.05, 0.1) is 12.1 Å². The first kappa shape index (κ1) is 15.3. The van der Waals surface area contributed by atoms with Crippen molar-refractivity contribution in [1.29, 1.82) is 0 Å². The van der Waals surface area contributed by atoms with Gasteiger partial charge in [-0.3, -0.25) is 4.79 Å². The van der Waals surface area contributed by atoms with Crippen molar-refractivity contribution >= 4 is 29.1 Å². The molecule has 1 aromatic carbocycles. The van der Waals surface area contributed by atoms with Gasteiger partial charge in [-0.05, 0) is 38.5 Å². The van der Waals surface area contributed by atoms with Crippen molar-refractivity contribution in [2.45, 2.75) is 32.9 Å². The lowest BCUT2D eigenvalue weighted by atomic mass is 10.1. The standard InChI is InChI=1S/C13H17Cl2NO2/c1-8(2)18-7-13(17)16-9(3)11-5-4-10(14)6-12(11)15/h4-6,8-9H,7H2,1-3H3,(H,16,17). The van der Waals surface area contributed by atoms with Crippen LogP contribution in [-0.2, 0) is 9.53 Å². The van der Waals surface area contributed by atoms with Gasteiger partial charge in [0.1, 0.15) is 6.61 Å². The Morgan fingerprint density at radius 1 is 1.33 bits per heavy atom. The molecule has 1 atom stereocenters. The molecule has 0 aliphatic carbocycles. The smallest absolute Gasteiger partial charge is 0.246 e. The maximum atomic E-state index is 11.6. The Kier molecular flexibility index (Phi) is 5.93. The fourth-order valence-corrected chi connectivity index (χ4v) is 2.03. The minimum atomic E-state index is -0.182. The first-order valence-electron chi connectivity index (χ1n) is 5.76. The average molecular weight is 290 g/mol. The largest absolute Gasteiger partial charge is 0.369 e. The quantitative estimate of drug-likeness (QED) is 0.900. The predicted molar refractivity (Wildman–Crippen MR) is 74.1 cm³/mol. The number of carbonyl (C=O) groups is 1. The summed E-state index contributed by atoms with van der Waals surface area (Å²) in [7, 11) is 0. The molecule has 0 spiro atoms.